The van der Waals surface area contributed by atoms with Crippen LogP contribution < -0.4 is 5.32 Å². The van der Waals surface area contributed by atoms with E-state index in [1.165, 1.54) is 6.26 Å². The van der Waals surface area contributed by atoms with Gasteiger partial charge in [-0.1, -0.05) is 30.3 Å². The third-order valence-corrected chi connectivity index (χ3v) is 3.25. The van der Waals surface area contributed by atoms with Crippen LogP contribution >= 0.6 is 0 Å². The van der Waals surface area contributed by atoms with Gasteiger partial charge in [-0.05, 0) is 12.1 Å². The van der Waals surface area contributed by atoms with Gasteiger partial charge < -0.3 is 14.7 Å². The van der Waals surface area contributed by atoms with Gasteiger partial charge in [0.15, 0.2) is 0 Å². The quantitative estimate of drug-likeness (QED) is 0.765. The Labute approximate surface area is 134 Å². The van der Waals surface area contributed by atoms with E-state index in [4.69, 9.17) is 4.42 Å². The molecule has 0 unspecified atom stereocenters. The van der Waals surface area contributed by atoms with Crippen molar-refractivity contribution in [3.63, 3.8) is 0 Å². The number of nitrogens with one attached hydrogen (secondary N) is 2. The maximum absolute atomic E-state index is 12.9. The molecule has 1 aromatic carbocycles. The summed E-state index contributed by atoms with van der Waals surface area (Å²) in [6.07, 6.45) is -3.24. The van der Waals surface area contributed by atoms with E-state index in [1.807, 2.05) is 0 Å². The lowest BCUT2D eigenvalue weighted by molar-refractivity contribution is -0.144. The summed E-state index contributed by atoms with van der Waals surface area (Å²) >= 11 is 0. The number of nitrogens with zero attached hydrogens (tertiary/aromatic N) is 1. The second kappa shape index (κ2) is 6.23. The molecule has 5 nitrogen and oxygen atoms in total. The van der Waals surface area contributed by atoms with Crippen molar-refractivity contribution in [1.82, 2.24) is 15.3 Å². The van der Waals surface area contributed by atoms with Gasteiger partial charge >= 0.3 is 6.18 Å². The zero-order valence-corrected chi connectivity index (χ0v) is 12.2. The fraction of sp³-hybridized carbons (Fsp3) is 0.125. The number of carbonyl (C=O) groups excluding carboxylic acids is 1. The van der Waals surface area contributed by atoms with Crippen LogP contribution in [0.4, 0.5) is 13.2 Å². The summed E-state index contributed by atoms with van der Waals surface area (Å²) < 4.78 is 43.9. The molecule has 1 amide bonds. The molecule has 0 radical (unpaired) electrons. The molecule has 8 heteroatoms. The molecule has 2 heterocycles. The van der Waals surface area contributed by atoms with Gasteiger partial charge in [-0.3, -0.25) is 4.79 Å². The summed E-state index contributed by atoms with van der Waals surface area (Å²) in [6, 6.07) is 11.5. The lowest BCUT2D eigenvalue weighted by Crippen LogP contribution is -2.23. The van der Waals surface area contributed by atoms with Crippen molar-refractivity contribution in [2.75, 3.05) is 0 Å². The zero-order chi connectivity index (χ0) is 17.2. The first-order chi connectivity index (χ1) is 11.4. The summed E-state index contributed by atoms with van der Waals surface area (Å²) in [5, 5.41) is 2.51. The molecule has 0 aliphatic rings. The number of alkyl halides is 3. The number of hydrogen-bond donors (Lipinski definition) is 2. The minimum Gasteiger partial charge on any atom is -0.467 e. The lowest BCUT2D eigenvalue weighted by Gasteiger charge is -2.04. The number of rotatable bonds is 4. The normalized spacial score (nSPS) is 11.5. The van der Waals surface area contributed by atoms with E-state index in [-0.39, 0.29) is 17.9 Å². The second-order valence-corrected chi connectivity index (χ2v) is 4.93. The van der Waals surface area contributed by atoms with Gasteiger partial charge in [0.25, 0.3) is 5.91 Å². The third-order valence-electron chi connectivity index (χ3n) is 3.25. The molecule has 0 saturated carbocycles. The highest BCUT2D eigenvalue weighted by atomic mass is 19.4. The number of carbonyl (C=O) groups is 1. The largest absolute Gasteiger partial charge is 0.467 e. The van der Waals surface area contributed by atoms with Crippen molar-refractivity contribution in [1.29, 1.82) is 0 Å². The van der Waals surface area contributed by atoms with Crippen molar-refractivity contribution < 1.29 is 22.4 Å². The Balaban J connectivity index is 1.93. The molecule has 0 saturated heterocycles. The van der Waals surface area contributed by atoms with Crippen molar-refractivity contribution >= 4 is 5.91 Å². The van der Waals surface area contributed by atoms with E-state index in [9.17, 15) is 18.0 Å². The highest BCUT2D eigenvalue weighted by Gasteiger charge is 2.37. The molecule has 0 aliphatic heterocycles. The van der Waals surface area contributed by atoms with E-state index < -0.39 is 17.9 Å². The smallest absolute Gasteiger partial charge is 0.449 e. The summed E-state index contributed by atoms with van der Waals surface area (Å²) in [7, 11) is 0. The van der Waals surface area contributed by atoms with Crippen LogP contribution in [0.1, 0.15) is 22.1 Å². The van der Waals surface area contributed by atoms with Gasteiger partial charge in [-0.25, -0.2) is 4.98 Å². The Kier molecular flexibility index (Phi) is 4.11. The van der Waals surface area contributed by atoms with E-state index in [0.717, 1.165) is 0 Å². The molecule has 0 aliphatic carbocycles. The van der Waals surface area contributed by atoms with E-state index in [2.05, 4.69) is 15.3 Å². The molecule has 3 rings (SSSR count). The maximum atomic E-state index is 12.9. The number of H-pyrrole nitrogens is 1. The SMILES string of the molecule is O=C(NCc1ccco1)c1[nH]c(C(F)(F)F)nc1-c1ccccc1. The van der Waals surface area contributed by atoms with Crippen LogP contribution in [0.15, 0.2) is 53.1 Å². The van der Waals surface area contributed by atoms with Crippen LogP contribution in [-0.2, 0) is 12.7 Å². The van der Waals surface area contributed by atoms with Gasteiger partial charge in [0.05, 0.1) is 12.8 Å². The minimum absolute atomic E-state index is 0.0557. The Morgan fingerprint density at radius 2 is 1.92 bits per heavy atom. The molecule has 0 bridgehead atoms. The standard InChI is InChI=1S/C16H12F3N3O2/c17-16(18,19)15-21-12(10-5-2-1-3-6-10)13(22-15)14(23)20-9-11-7-4-8-24-11/h1-8H,9H2,(H,20,23)(H,21,22). The van der Waals surface area contributed by atoms with Gasteiger partial charge in [0.1, 0.15) is 17.1 Å². The molecule has 24 heavy (non-hydrogen) atoms. The van der Waals surface area contributed by atoms with Gasteiger partial charge in [0.2, 0.25) is 5.82 Å². The van der Waals surface area contributed by atoms with Crippen LogP contribution in [0.5, 0.6) is 0 Å². The molecule has 0 fully saturated rings. The number of imidazole rings is 1. The number of halogens is 3. The number of aromatic amines is 1. The Bertz CT molecular complexity index is 824. The van der Waals surface area contributed by atoms with Gasteiger partial charge in [-0.15, -0.1) is 0 Å². The molecule has 2 aromatic heterocycles. The highest BCUT2D eigenvalue weighted by molar-refractivity contribution is 5.98. The van der Waals surface area contributed by atoms with Crippen LogP contribution in [0.25, 0.3) is 11.3 Å². The third kappa shape index (κ3) is 3.32. The predicted octanol–water partition coefficient (Wildman–Crippen LogP) is 3.62. The number of furan rings is 1. The molecule has 3 aromatic rings. The van der Waals surface area contributed by atoms with E-state index >= 15 is 0 Å². The average Bonchev–Trinajstić information content (AvgIpc) is 3.22. The van der Waals surface area contributed by atoms with Crippen LogP contribution in [0, 0.1) is 0 Å². The Morgan fingerprint density at radius 3 is 2.54 bits per heavy atom. The summed E-state index contributed by atoms with van der Waals surface area (Å²) in [5.41, 5.74) is 0.104. The topological polar surface area (TPSA) is 70.9 Å². The first-order valence-corrected chi connectivity index (χ1v) is 6.98. The summed E-state index contributed by atoms with van der Waals surface area (Å²) in [4.78, 5) is 17.9. The maximum Gasteiger partial charge on any atom is 0.449 e. The molecule has 2 N–H and O–H groups in total. The fourth-order valence-corrected chi connectivity index (χ4v) is 2.15. The lowest BCUT2D eigenvalue weighted by atomic mass is 10.1. The molecule has 124 valence electrons. The fourth-order valence-electron chi connectivity index (χ4n) is 2.15. The number of hydrogen-bond acceptors (Lipinski definition) is 3. The first kappa shape index (κ1) is 15.9. The highest BCUT2D eigenvalue weighted by Crippen LogP contribution is 2.31. The van der Waals surface area contributed by atoms with Crippen LogP contribution in [0.2, 0.25) is 0 Å². The molecular weight excluding hydrogens is 323 g/mol. The number of aromatic nitrogens is 2. The summed E-state index contributed by atoms with van der Waals surface area (Å²) in [5.74, 6) is -1.43. The predicted molar refractivity (Wildman–Crippen MR) is 78.9 cm³/mol. The Morgan fingerprint density at radius 1 is 1.17 bits per heavy atom. The minimum atomic E-state index is -4.68. The number of amides is 1. The van der Waals surface area contributed by atoms with Gasteiger partial charge in [0, 0.05) is 5.56 Å². The van der Waals surface area contributed by atoms with Crippen LogP contribution in [-0.4, -0.2) is 15.9 Å². The van der Waals surface area contributed by atoms with E-state index in [1.54, 1.807) is 42.5 Å². The van der Waals surface area contributed by atoms with Gasteiger partial charge in [-0.2, -0.15) is 13.2 Å². The van der Waals surface area contributed by atoms with Crippen molar-refractivity contribution in [2.24, 2.45) is 0 Å². The molecule has 0 atom stereocenters. The number of benzene rings is 1. The zero-order valence-electron chi connectivity index (χ0n) is 12.2. The molecule has 0 spiro atoms. The monoisotopic (exact) mass is 335 g/mol. The average molecular weight is 335 g/mol. The Hall–Kier alpha value is -3.03. The first-order valence-electron chi connectivity index (χ1n) is 6.98. The van der Waals surface area contributed by atoms with Crippen molar-refractivity contribution in [3.05, 3.63) is 66.0 Å². The van der Waals surface area contributed by atoms with Crippen molar-refractivity contribution in [2.45, 2.75) is 12.7 Å². The van der Waals surface area contributed by atoms with Crippen LogP contribution in [0.3, 0.4) is 0 Å². The van der Waals surface area contributed by atoms with Crippen molar-refractivity contribution in [3.8, 4) is 11.3 Å². The van der Waals surface area contributed by atoms with E-state index in [0.29, 0.717) is 11.3 Å². The second-order valence-electron chi connectivity index (χ2n) is 4.93. The molecular formula is C16H12F3N3O2. The summed E-state index contributed by atoms with van der Waals surface area (Å²) in [6.45, 7) is 0.0560.